The number of methoxy groups -OCH3 is 1. The topological polar surface area (TPSA) is 28.3 Å². The molecule has 0 aliphatic carbocycles. The van der Waals surface area contributed by atoms with Gasteiger partial charge in [0.15, 0.2) is 0 Å². The summed E-state index contributed by atoms with van der Waals surface area (Å²) in [7, 11) is 1.72. The van der Waals surface area contributed by atoms with Crippen LogP contribution in [-0.4, -0.2) is 29.1 Å². The Morgan fingerprint density at radius 1 is 1.04 bits per heavy atom. The Labute approximate surface area is 166 Å². The molecule has 2 fully saturated rings. The van der Waals surface area contributed by atoms with E-state index in [1.807, 2.05) is 0 Å². The van der Waals surface area contributed by atoms with E-state index in [0.717, 1.165) is 44.6 Å². The first-order valence-electron chi connectivity index (χ1n) is 9.13. The number of ether oxygens (including phenoxy) is 1. The number of nitrogens with one attached hydrogen (secondary N) is 1. The normalized spacial score (nSPS) is 23.6. The Bertz CT molecular complexity index is 736. The number of piperidine rings is 2. The van der Waals surface area contributed by atoms with Crippen molar-refractivity contribution in [2.45, 2.75) is 57.2 Å². The van der Waals surface area contributed by atoms with Crippen LogP contribution in [0.2, 0.25) is 0 Å². The lowest BCUT2D eigenvalue weighted by atomic mass is 9.84. The first-order valence-corrected chi connectivity index (χ1v) is 10.7. The van der Waals surface area contributed by atoms with Crippen LogP contribution < -0.4 is 4.74 Å². The zero-order valence-electron chi connectivity index (χ0n) is 14.5. The molecule has 1 aromatic heterocycles. The number of rotatable bonds is 4. The zero-order valence-corrected chi connectivity index (χ0v) is 17.7. The van der Waals surface area contributed by atoms with Crippen molar-refractivity contribution < 1.29 is 4.74 Å². The second kappa shape index (κ2) is 7.45. The van der Waals surface area contributed by atoms with Gasteiger partial charge in [0.25, 0.3) is 0 Å². The van der Waals surface area contributed by atoms with E-state index in [0.29, 0.717) is 0 Å². The third-order valence-corrected chi connectivity index (χ3v) is 7.71. The standard InChI is InChI=1S/C20H24Br2N2O/c1-25-20-16(9-10-17(21)19(20)22)18-11-8-13(23-18)12-24-14-4-2-5-15(24)7-3-6-14/h8-11,14-15,23H,2-7,12H2,1H3. The molecule has 0 atom stereocenters. The van der Waals surface area contributed by atoms with Gasteiger partial charge in [0, 0.05) is 40.1 Å². The smallest absolute Gasteiger partial charge is 0.143 e. The van der Waals surface area contributed by atoms with E-state index in [2.05, 4.69) is 66.0 Å². The van der Waals surface area contributed by atoms with Crippen LogP contribution in [0.1, 0.15) is 44.2 Å². The lowest BCUT2D eigenvalue weighted by molar-refractivity contribution is 0.0323. The third kappa shape index (κ3) is 3.43. The highest BCUT2D eigenvalue weighted by Crippen LogP contribution is 2.41. The second-order valence-corrected chi connectivity index (χ2v) is 8.83. The molecule has 0 amide bonds. The van der Waals surface area contributed by atoms with Crippen molar-refractivity contribution in [1.29, 1.82) is 0 Å². The van der Waals surface area contributed by atoms with Crippen molar-refractivity contribution >= 4 is 31.9 Å². The quantitative estimate of drug-likeness (QED) is 0.586. The van der Waals surface area contributed by atoms with Crippen molar-refractivity contribution in [2.75, 3.05) is 7.11 Å². The largest absolute Gasteiger partial charge is 0.495 e. The summed E-state index contributed by atoms with van der Waals surface area (Å²) in [5, 5.41) is 0. The van der Waals surface area contributed by atoms with Crippen LogP contribution in [-0.2, 0) is 6.54 Å². The van der Waals surface area contributed by atoms with Crippen LogP contribution in [0.5, 0.6) is 5.75 Å². The summed E-state index contributed by atoms with van der Waals surface area (Å²) >= 11 is 7.16. The van der Waals surface area contributed by atoms with E-state index >= 15 is 0 Å². The predicted molar refractivity (Wildman–Crippen MR) is 109 cm³/mol. The highest BCUT2D eigenvalue weighted by Gasteiger charge is 2.33. The number of hydrogen-bond acceptors (Lipinski definition) is 2. The Morgan fingerprint density at radius 2 is 1.72 bits per heavy atom. The Hall–Kier alpha value is -0.780. The fourth-order valence-corrected chi connectivity index (χ4v) is 5.34. The van der Waals surface area contributed by atoms with E-state index in [1.54, 1.807) is 7.11 Å². The van der Waals surface area contributed by atoms with Crippen molar-refractivity contribution in [1.82, 2.24) is 9.88 Å². The molecule has 2 aromatic rings. The van der Waals surface area contributed by atoms with E-state index in [1.165, 1.54) is 44.2 Å². The van der Waals surface area contributed by atoms with E-state index in [9.17, 15) is 0 Å². The number of H-pyrrole nitrogens is 1. The van der Waals surface area contributed by atoms with Crippen LogP contribution in [0.4, 0.5) is 0 Å². The average Bonchev–Trinajstić information content (AvgIpc) is 3.05. The monoisotopic (exact) mass is 466 g/mol. The molecule has 0 unspecified atom stereocenters. The van der Waals surface area contributed by atoms with E-state index in [-0.39, 0.29) is 0 Å². The van der Waals surface area contributed by atoms with Crippen LogP contribution in [0.15, 0.2) is 33.2 Å². The summed E-state index contributed by atoms with van der Waals surface area (Å²) < 4.78 is 7.58. The fraction of sp³-hybridized carbons (Fsp3) is 0.500. The average molecular weight is 468 g/mol. The molecule has 134 valence electrons. The van der Waals surface area contributed by atoms with Crippen LogP contribution in [0.25, 0.3) is 11.3 Å². The Kier molecular flexibility index (Phi) is 5.25. The highest BCUT2D eigenvalue weighted by atomic mass is 79.9. The van der Waals surface area contributed by atoms with Gasteiger partial charge in [0.1, 0.15) is 5.75 Å². The van der Waals surface area contributed by atoms with Gasteiger partial charge < -0.3 is 9.72 Å². The molecular formula is C20H24Br2N2O. The maximum absolute atomic E-state index is 5.62. The minimum absolute atomic E-state index is 0.788. The summed E-state index contributed by atoms with van der Waals surface area (Å²) in [4.78, 5) is 6.38. The molecule has 1 aromatic carbocycles. The van der Waals surface area contributed by atoms with Gasteiger partial charge in [-0.1, -0.05) is 12.8 Å². The van der Waals surface area contributed by atoms with Gasteiger partial charge >= 0.3 is 0 Å². The molecule has 4 rings (SSSR count). The van der Waals surface area contributed by atoms with Gasteiger partial charge in [-0.25, -0.2) is 0 Å². The van der Waals surface area contributed by atoms with Crippen molar-refractivity contribution in [3.63, 3.8) is 0 Å². The summed E-state index contributed by atoms with van der Waals surface area (Å²) in [6, 6.07) is 10.1. The molecule has 2 aliphatic heterocycles. The first kappa shape index (κ1) is 17.6. The molecule has 2 bridgehead atoms. The molecule has 5 heteroatoms. The van der Waals surface area contributed by atoms with Gasteiger partial charge in [0.2, 0.25) is 0 Å². The molecule has 2 saturated heterocycles. The molecule has 0 saturated carbocycles. The molecule has 3 heterocycles. The van der Waals surface area contributed by atoms with Crippen LogP contribution in [0, 0.1) is 0 Å². The lowest BCUT2D eigenvalue weighted by Crippen LogP contribution is -2.48. The number of hydrogen-bond donors (Lipinski definition) is 1. The first-order chi connectivity index (χ1) is 12.2. The predicted octanol–water partition coefficient (Wildman–Crippen LogP) is 6.12. The number of fused-ring (bicyclic) bond motifs is 2. The maximum atomic E-state index is 5.62. The fourth-order valence-electron chi connectivity index (χ4n) is 4.52. The van der Waals surface area contributed by atoms with Gasteiger partial charge in [-0.15, -0.1) is 0 Å². The Morgan fingerprint density at radius 3 is 2.36 bits per heavy atom. The molecule has 0 radical (unpaired) electrons. The van der Waals surface area contributed by atoms with Crippen molar-refractivity contribution in [3.05, 3.63) is 38.9 Å². The minimum Gasteiger partial charge on any atom is -0.495 e. The molecule has 3 nitrogen and oxygen atoms in total. The van der Waals surface area contributed by atoms with Crippen LogP contribution >= 0.6 is 31.9 Å². The summed E-state index contributed by atoms with van der Waals surface area (Å²) in [5.74, 6) is 0.859. The number of halogens is 2. The minimum atomic E-state index is 0.788. The molecular weight excluding hydrogens is 444 g/mol. The van der Waals surface area contributed by atoms with Gasteiger partial charge in [0.05, 0.1) is 11.6 Å². The highest BCUT2D eigenvalue weighted by molar-refractivity contribution is 9.13. The van der Waals surface area contributed by atoms with Crippen molar-refractivity contribution in [3.8, 4) is 17.0 Å². The lowest BCUT2D eigenvalue weighted by Gasteiger charge is -2.46. The van der Waals surface area contributed by atoms with Gasteiger partial charge in [-0.05, 0) is 81.8 Å². The number of aromatic nitrogens is 1. The molecule has 1 N–H and O–H groups in total. The van der Waals surface area contributed by atoms with Crippen molar-refractivity contribution in [2.24, 2.45) is 0 Å². The summed E-state index contributed by atoms with van der Waals surface area (Å²) in [6.45, 7) is 1.04. The molecule has 2 aliphatic rings. The summed E-state index contributed by atoms with van der Waals surface area (Å²) in [5.41, 5.74) is 3.50. The SMILES string of the molecule is COc1c(-c2ccc(CN3C4CCCC3CCC4)[nH]2)ccc(Br)c1Br. The van der Waals surface area contributed by atoms with E-state index < -0.39 is 0 Å². The second-order valence-electron chi connectivity index (χ2n) is 7.18. The van der Waals surface area contributed by atoms with Crippen LogP contribution in [0.3, 0.4) is 0 Å². The van der Waals surface area contributed by atoms with Gasteiger partial charge in [-0.2, -0.15) is 0 Å². The maximum Gasteiger partial charge on any atom is 0.143 e. The molecule has 0 spiro atoms. The number of nitrogens with zero attached hydrogens (tertiary/aromatic N) is 1. The number of aromatic amines is 1. The Balaban J connectivity index is 1.58. The zero-order chi connectivity index (χ0) is 17.4. The number of benzene rings is 1. The third-order valence-electron chi connectivity index (χ3n) is 5.73. The summed E-state index contributed by atoms with van der Waals surface area (Å²) in [6.07, 6.45) is 8.31. The van der Waals surface area contributed by atoms with Gasteiger partial charge in [-0.3, -0.25) is 4.90 Å². The van der Waals surface area contributed by atoms with E-state index in [4.69, 9.17) is 4.74 Å². The molecule has 25 heavy (non-hydrogen) atoms.